The van der Waals surface area contributed by atoms with Crippen molar-refractivity contribution in [1.82, 2.24) is 4.90 Å². The molecule has 0 fully saturated rings. The number of unbranched alkanes of at least 4 members (excludes halogenated alkanes) is 20. The molecule has 7 heteroatoms. The number of rotatable bonds is 41. The molecule has 318 valence electrons. The summed E-state index contributed by atoms with van der Waals surface area (Å²) in [6, 6.07) is 0. The van der Waals surface area contributed by atoms with Crippen LogP contribution in [0.2, 0.25) is 0 Å². The summed E-state index contributed by atoms with van der Waals surface area (Å²) in [6.07, 6.45) is 39.4. The van der Waals surface area contributed by atoms with Crippen molar-refractivity contribution in [2.24, 2.45) is 0 Å². The van der Waals surface area contributed by atoms with Crippen LogP contribution >= 0.6 is 0 Å². The van der Waals surface area contributed by atoms with Gasteiger partial charge in [0.15, 0.2) is 0 Å². The summed E-state index contributed by atoms with van der Waals surface area (Å²) < 4.78 is 17.2. The minimum absolute atomic E-state index is 0.00272. The van der Waals surface area contributed by atoms with Gasteiger partial charge in [0.05, 0.1) is 0 Å². The first-order valence-corrected chi connectivity index (χ1v) is 23.2. The van der Waals surface area contributed by atoms with Crippen LogP contribution in [0.3, 0.4) is 0 Å². The van der Waals surface area contributed by atoms with Crippen molar-refractivity contribution >= 4 is 17.9 Å². The van der Waals surface area contributed by atoms with Crippen molar-refractivity contribution in [2.75, 3.05) is 27.2 Å². The number of ether oxygens (including phenoxy) is 3. The van der Waals surface area contributed by atoms with Crippen LogP contribution in [0, 0.1) is 0 Å². The van der Waals surface area contributed by atoms with E-state index < -0.39 is 0 Å². The monoisotopic (exact) mass is 764 g/mol. The molecule has 0 N–H and O–H groups in total. The third-order valence-corrected chi connectivity index (χ3v) is 10.4. The molecule has 0 saturated carbocycles. The zero-order valence-electron chi connectivity index (χ0n) is 36.5. The second-order valence-electron chi connectivity index (χ2n) is 16.1. The number of esters is 3. The number of hydrogen-bond donors (Lipinski definition) is 0. The summed E-state index contributed by atoms with van der Waals surface area (Å²) in [5.41, 5.74) is 0. The highest BCUT2D eigenvalue weighted by Gasteiger charge is 2.16. The van der Waals surface area contributed by atoms with E-state index in [0.29, 0.717) is 25.9 Å². The topological polar surface area (TPSA) is 82.1 Å². The van der Waals surface area contributed by atoms with E-state index in [1.807, 2.05) is 26.2 Å². The smallest absolute Gasteiger partial charge is 0.306 e. The Kier molecular flexibility index (Phi) is 39.3. The lowest BCUT2D eigenvalue weighted by Crippen LogP contribution is -2.20. The summed E-state index contributed by atoms with van der Waals surface area (Å²) in [5.74, 6) is -0.165. The predicted octanol–water partition coefficient (Wildman–Crippen LogP) is 13.4. The average Bonchev–Trinajstić information content (AvgIpc) is 3.14. The molecule has 7 nitrogen and oxygen atoms in total. The Labute approximate surface area is 334 Å². The summed E-state index contributed by atoms with van der Waals surface area (Å²) in [6.45, 7) is 7.85. The van der Waals surface area contributed by atoms with Gasteiger partial charge in [0, 0.05) is 19.3 Å². The molecule has 0 aromatic heterocycles. The molecule has 0 spiro atoms. The van der Waals surface area contributed by atoms with E-state index in [1.54, 1.807) is 0 Å². The number of allylic oxidation sites excluding steroid dienone is 1. The highest BCUT2D eigenvalue weighted by molar-refractivity contribution is 5.70. The van der Waals surface area contributed by atoms with Gasteiger partial charge in [-0.25, -0.2) is 0 Å². The average molecular weight is 764 g/mol. The van der Waals surface area contributed by atoms with Crippen molar-refractivity contribution < 1.29 is 28.6 Å². The molecular weight excluding hydrogens is 675 g/mol. The number of hydrogen-bond acceptors (Lipinski definition) is 7. The van der Waals surface area contributed by atoms with E-state index in [9.17, 15) is 14.4 Å². The van der Waals surface area contributed by atoms with Crippen molar-refractivity contribution in [3.8, 4) is 0 Å². The van der Waals surface area contributed by atoms with Gasteiger partial charge in [-0.05, 0) is 97.7 Å². The van der Waals surface area contributed by atoms with E-state index in [2.05, 4.69) is 25.7 Å². The molecule has 0 aliphatic rings. The lowest BCUT2D eigenvalue weighted by Gasteiger charge is -2.19. The largest absolute Gasteiger partial charge is 0.462 e. The SMILES string of the molecule is CC/C=C\COC(=O)CCCCCCCCC(CCCCCCCCC(=O)OC(CCCCCCCC)CCCCCCCC)OC(=O)CCCN(C)C. The van der Waals surface area contributed by atoms with Crippen LogP contribution in [0.4, 0.5) is 0 Å². The summed E-state index contributed by atoms with van der Waals surface area (Å²) in [7, 11) is 4.06. The minimum Gasteiger partial charge on any atom is -0.462 e. The fourth-order valence-corrected chi connectivity index (χ4v) is 7.00. The second-order valence-corrected chi connectivity index (χ2v) is 16.1. The van der Waals surface area contributed by atoms with E-state index in [4.69, 9.17) is 14.2 Å². The van der Waals surface area contributed by atoms with Crippen LogP contribution in [0.5, 0.6) is 0 Å². The first kappa shape index (κ1) is 52.1. The van der Waals surface area contributed by atoms with Gasteiger partial charge in [0.25, 0.3) is 0 Å². The van der Waals surface area contributed by atoms with E-state index in [1.165, 1.54) is 77.0 Å². The number of nitrogens with zero attached hydrogens (tertiary/aromatic N) is 1. The van der Waals surface area contributed by atoms with Crippen LogP contribution in [-0.2, 0) is 28.6 Å². The molecule has 0 radical (unpaired) electrons. The van der Waals surface area contributed by atoms with Gasteiger partial charge in [-0.3, -0.25) is 14.4 Å². The number of carbonyl (C=O) groups is 3. The standard InChI is InChI=1S/C47H89NO6/c1-6-9-12-14-20-26-34-43(35-27-21-15-13-10-7-2)53-46(50)39-31-25-19-17-23-29-37-44(54-47(51)40-33-41-48(4)5)36-28-22-16-18-24-30-38-45(49)52-42-32-11-8-3/h11,32,43-44H,6-10,12-31,33-42H2,1-5H3/b32-11-. The Morgan fingerprint density at radius 1 is 0.444 bits per heavy atom. The molecule has 1 unspecified atom stereocenters. The Morgan fingerprint density at radius 2 is 0.796 bits per heavy atom. The van der Waals surface area contributed by atoms with Crippen molar-refractivity contribution in [3.63, 3.8) is 0 Å². The van der Waals surface area contributed by atoms with E-state index >= 15 is 0 Å². The fraction of sp³-hybridized carbons (Fsp3) is 0.894. The van der Waals surface area contributed by atoms with Crippen LogP contribution in [0.15, 0.2) is 12.2 Å². The third-order valence-electron chi connectivity index (χ3n) is 10.4. The van der Waals surface area contributed by atoms with Crippen LogP contribution < -0.4 is 0 Å². The fourth-order valence-electron chi connectivity index (χ4n) is 7.00. The zero-order valence-corrected chi connectivity index (χ0v) is 36.5. The van der Waals surface area contributed by atoms with Gasteiger partial charge in [0.1, 0.15) is 18.8 Å². The summed E-state index contributed by atoms with van der Waals surface area (Å²) >= 11 is 0. The first-order chi connectivity index (χ1) is 26.3. The van der Waals surface area contributed by atoms with E-state index in [-0.39, 0.29) is 30.1 Å². The Morgan fingerprint density at radius 3 is 1.19 bits per heavy atom. The normalized spacial score (nSPS) is 12.2. The van der Waals surface area contributed by atoms with Gasteiger partial charge >= 0.3 is 17.9 Å². The molecule has 0 aromatic carbocycles. The van der Waals surface area contributed by atoms with Gasteiger partial charge in [-0.15, -0.1) is 0 Å². The van der Waals surface area contributed by atoms with Crippen molar-refractivity contribution in [2.45, 2.75) is 245 Å². The lowest BCUT2D eigenvalue weighted by molar-refractivity contribution is -0.151. The molecule has 0 bridgehead atoms. The molecule has 1 atom stereocenters. The quantitative estimate of drug-likeness (QED) is 0.0265. The Hall–Kier alpha value is -1.89. The first-order valence-electron chi connectivity index (χ1n) is 23.2. The zero-order chi connectivity index (χ0) is 39.7. The molecule has 54 heavy (non-hydrogen) atoms. The van der Waals surface area contributed by atoms with Gasteiger partial charge in [-0.1, -0.05) is 148 Å². The Balaban J connectivity index is 4.37. The minimum atomic E-state index is -0.105. The maximum Gasteiger partial charge on any atom is 0.306 e. The number of carbonyl (C=O) groups excluding carboxylic acids is 3. The highest BCUT2D eigenvalue weighted by atomic mass is 16.5. The molecule has 0 aliphatic heterocycles. The molecule has 0 amide bonds. The van der Waals surface area contributed by atoms with Crippen LogP contribution in [0.25, 0.3) is 0 Å². The molecule has 0 aromatic rings. The second kappa shape index (κ2) is 40.8. The van der Waals surface area contributed by atoms with Crippen molar-refractivity contribution in [3.05, 3.63) is 12.2 Å². The summed E-state index contributed by atoms with van der Waals surface area (Å²) in [5, 5.41) is 0. The van der Waals surface area contributed by atoms with Crippen molar-refractivity contribution in [1.29, 1.82) is 0 Å². The Bertz CT molecular complexity index is 858. The summed E-state index contributed by atoms with van der Waals surface area (Å²) in [4.78, 5) is 39.3. The van der Waals surface area contributed by atoms with Gasteiger partial charge in [0.2, 0.25) is 0 Å². The molecule has 0 rings (SSSR count). The lowest BCUT2D eigenvalue weighted by atomic mass is 10.0. The van der Waals surface area contributed by atoms with Gasteiger partial charge in [-0.2, -0.15) is 0 Å². The van der Waals surface area contributed by atoms with Gasteiger partial charge < -0.3 is 19.1 Å². The molecule has 0 heterocycles. The van der Waals surface area contributed by atoms with E-state index in [0.717, 1.165) is 122 Å². The molecular formula is C47H89NO6. The van der Waals surface area contributed by atoms with Crippen LogP contribution in [0.1, 0.15) is 233 Å². The molecule has 0 saturated heterocycles. The van der Waals surface area contributed by atoms with Crippen LogP contribution in [-0.4, -0.2) is 62.3 Å². The maximum absolute atomic E-state index is 12.8. The molecule has 0 aliphatic carbocycles. The third kappa shape index (κ3) is 38.4. The predicted molar refractivity (Wildman–Crippen MR) is 228 cm³/mol. The maximum atomic E-state index is 12.8. The highest BCUT2D eigenvalue weighted by Crippen LogP contribution is 2.20.